The van der Waals surface area contributed by atoms with Crippen molar-refractivity contribution in [2.24, 2.45) is 0 Å². The van der Waals surface area contributed by atoms with Crippen LogP contribution in [0.1, 0.15) is 0 Å². The highest BCUT2D eigenvalue weighted by Gasteiger charge is 1.91. The van der Waals surface area contributed by atoms with Gasteiger partial charge in [0.15, 0.2) is 0 Å². The molecule has 4 heteroatoms. The highest BCUT2D eigenvalue weighted by atomic mass is 16.6. The van der Waals surface area contributed by atoms with Crippen LogP contribution in [-0.2, 0) is 11.4 Å². The minimum absolute atomic E-state index is 0.00963. The van der Waals surface area contributed by atoms with Crippen LogP contribution in [0.4, 0.5) is 0 Å². The van der Waals surface area contributed by atoms with Crippen molar-refractivity contribution in [3.8, 4) is 0 Å². The first-order chi connectivity index (χ1) is 5.84. The molecule has 1 aromatic heterocycles. The zero-order chi connectivity index (χ0) is 8.81. The van der Waals surface area contributed by atoms with E-state index >= 15 is 0 Å². The molecule has 1 aromatic rings. The lowest BCUT2D eigenvalue weighted by atomic mass is 10.4. The summed E-state index contributed by atoms with van der Waals surface area (Å²) in [5, 5.41) is 0. The zero-order valence-corrected chi connectivity index (χ0v) is 6.99. The van der Waals surface area contributed by atoms with E-state index in [9.17, 15) is 4.79 Å². The van der Waals surface area contributed by atoms with Gasteiger partial charge in [-0.05, 0) is 6.07 Å². The van der Waals surface area contributed by atoms with E-state index in [4.69, 9.17) is 0 Å². The maximum atomic E-state index is 11.1. The van der Waals surface area contributed by atoms with Crippen molar-refractivity contribution in [2.75, 3.05) is 13.7 Å². The minimum atomic E-state index is 0.00963. The number of aromatic nitrogens is 1. The van der Waals surface area contributed by atoms with Gasteiger partial charge in [0.1, 0.15) is 0 Å². The summed E-state index contributed by atoms with van der Waals surface area (Å²) in [6.45, 7) is 1.24. The Morgan fingerprint density at radius 2 is 2.42 bits per heavy atom. The summed E-state index contributed by atoms with van der Waals surface area (Å²) in [5.74, 6) is 0. The van der Waals surface area contributed by atoms with Crippen molar-refractivity contribution in [3.05, 3.63) is 34.7 Å². The summed E-state index contributed by atoms with van der Waals surface area (Å²) in [7, 11) is 1.55. The molecule has 0 aliphatic rings. The number of nitrogens with one attached hydrogen (secondary N) is 1. The van der Waals surface area contributed by atoms with Crippen LogP contribution in [0, 0.1) is 0 Å². The smallest absolute Gasteiger partial charge is 0.250 e. The van der Waals surface area contributed by atoms with Crippen LogP contribution in [-0.4, -0.2) is 18.2 Å². The van der Waals surface area contributed by atoms with Gasteiger partial charge in [-0.1, -0.05) is 6.07 Å². The molecule has 0 fully saturated rings. The van der Waals surface area contributed by atoms with E-state index in [1.54, 1.807) is 23.9 Å². The molecule has 0 amide bonds. The molecule has 0 saturated carbocycles. The number of hydrogen-bond acceptors (Lipinski definition) is 3. The second-order valence-electron chi connectivity index (χ2n) is 2.33. The number of nitrogens with zero attached hydrogens (tertiary/aromatic N) is 1. The predicted molar refractivity (Wildman–Crippen MR) is 45.7 cm³/mol. The van der Waals surface area contributed by atoms with Gasteiger partial charge in [-0.3, -0.25) is 4.79 Å². The Bertz CT molecular complexity index is 282. The zero-order valence-electron chi connectivity index (χ0n) is 6.99. The van der Waals surface area contributed by atoms with Crippen molar-refractivity contribution in [2.45, 2.75) is 6.54 Å². The molecule has 0 aliphatic carbocycles. The van der Waals surface area contributed by atoms with E-state index in [2.05, 4.69) is 10.3 Å². The van der Waals surface area contributed by atoms with Gasteiger partial charge >= 0.3 is 0 Å². The van der Waals surface area contributed by atoms with Crippen LogP contribution in [0.25, 0.3) is 0 Å². The summed E-state index contributed by atoms with van der Waals surface area (Å²) in [6, 6.07) is 5.09. The van der Waals surface area contributed by atoms with Crippen LogP contribution in [0.15, 0.2) is 29.2 Å². The normalized spacial score (nSPS) is 10.1. The van der Waals surface area contributed by atoms with E-state index in [0.29, 0.717) is 13.1 Å². The topological polar surface area (TPSA) is 43.3 Å². The Morgan fingerprint density at radius 3 is 3.08 bits per heavy atom. The van der Waals surface area contributed by atoms with Crippen molar-refractivity contribution >= 4 is 0 Å². The number of pyridine rings is 1. The van der Waals surface area contributed by atoms with E-state index in [1.807, 2.05) is 6.07 Å². The number of hydrogen-bond donors (Lipinski definition) is 1. The molecule has 12 heavy (non-hydrogen) atoms. The van der Waals surface area contributed by atoms with Gasteiger partial charge in [-0.2, -0.15) is 0 Å². The maximum absolute atomic E-state index is 11.1. The molecule has 1 heterocycles. The average molecular weight is 168 g/mol. The molecule has 0 radical (unpaired) electrons. The van der Waals surface area contributed by atoms with Gasteiger partial charge in [0, 0.05) is 25.4 Å². The number of hydroxylamine groups is 1. The van der Waals surface area contributed by atoms with Crippen molar-refractivity contribution in [1.29, 1.82) is 0 Å². The SMILES string of the molecule is CONCCn1ccccc1=O. The molecule has 0 spiro atoms. The molecule has 0 unspecified atom stereocenters. The fourth-order valence-corrected chi connectivity index (χ4v) is 0.914. The van der Waals surface area contributed by atoms with Crippen molar-refractivity contribution < 1.29 is 4.84 Å². The molecule has 1 N–H and O–H groups in total. The summed E-state index contributed by atoms with van der Waals surface area (Å²) < 4.78 is 1.62. The molecule has 0 aliphatic heterocycles. The largest absolute Gasteiger partial charge is 0.314 e. The van der Waals surface area contributed by atoms with Gasteiger partial charge in [-0.25, -0.2) is 5.48 Å². The van der Waals surface area contributed by atoms with Crippen molar-refractivity contribution in [1.82, 2.24) is 10.0 Å². The average Bonchev–Trinajstić information content (AvgIpc) is 2.09. The van der Waals surface area contributed by atoms with E-state index in [1.165, 1.54) is 6.07 Å². The van der Waals surface area contributed by atoms with Crippen LogP contribution >= 0.6 is 0 Å². The van der Waals surface area contributed by atoms with Crippen molar-refractivity contribution in [3.63, 3.8) is 0 Å². The first-order valence-corrected chi connectivity index (χ1v) is 3.76. The highest BCUT2D eigenvalue weighted by molar-refractivity contribution is 4.92. The lowest BCUT2D eigenvalue weighted by Gasteiger charge is -2.04. The van der Waals surface area contributed by atoms with Crippen LogP contribution < -0.4 is 11.0 Å². The summed E-state index contributed by atoms with van der Waals surface area (Å²) in [6.07, 6.45) is 1.75. The van der Waals surface area contributed by atoms with Gasteiger partial charge < -0.3 is 9.40 Å². The molecule has 0 saturated heterocycles. The Kier molecular flexibility index (Phi) is 3.50. The quantitative estimate of drug-likeness (QED) is 0.508. The second-order valence-corrected chi connectivity index (χ2v) is 2.33. The maximum Gasteiger partial charge on any atom is 0.250 e. The number of rotatable bonds is 4. The van der Waals surface area contributed by atoms with Crippen LogP contribution in [0.2, 0.25) is 0 Å². The Hall–Kier alpha value is -1.13. The molecule has 1 rings (SSSR count). The minimum Gasteiger partial charge on any atom is -0.314 e. The summed E-state index contributed by atoms with van der Waals surface area (Å²) in [4.78, 5) is 15.7. The Morgan fingerprint density at radius 1 is 1.58 bits per heavy atom. The standard InChI is InChI=1S/C8H12N2O2/c1-12-9-5-7-10-6-3-2-4-8(10)11/h2-4,6,9H,5,7H2,1H3. The van der Waals surface area contributed by atoms with E-state index in [-0.39, 0.29) is 5.56 Å². The predicted octanol–water partition coefficient (Wildman–Crippen LogP) is -0.000700. The molecule has 66 valence electrons. The molecule has 0 aromatic carbocycles. The van der Waals surface area contributed by atoms with Gasteiger partial charge in [0.2, 0.25) is 0 Å². The molecule has 0 bridgehead atoms. The molecular weight excluding hydrogens is 156 g/mol. The van der Waals surface area contributed by atoms with Gasteiger partial charge in [0.05, 0.1) is 7.11 Å². The first kappa shape index (κ1) is 8.96. The third-order valence-corrected chi connectivity index (χ3v) is 1.50. The van der Waals surface area contributed by atoms with E-state index in [0.717, 1.165) is 0 Å². The van der Waals surface area contributed by atoms with E-state index < -0.39 is 0 Å². The fraction of sp³-hybridized carbons (Fsp3) is 0.375. The summed E-state index contributed by atoms with van der Waals surface area (Å²) >= 11 is 0. The first-order valence-electron chi connectivity index (χ1n) is 3.76. The summed E-state index contributed by atoms with van der Waals surface area (Å²) in [5.41, 5.74) is 2.67. The monoisotopic (exact) mass is 168 g/mol. The fourth-order valence-electron chi connectivity index (χ4n) is 0.914. The Labute approximate surface area is 70.7 Å². The highest BCUT2D eigenvalue weighted by Crippen LogP contribution is 1.80. The third-order valence-electron chi connectivity index (χ3n) is 1.50. The lowest BCUT2D eigenvalue weighted by Crippen LogP contribution is -2.25. The van der Waals surface area contributed by atoms with Crippen LogP contribution in [0.3, 0.4) is 0 Å². The molecular formula is C8H12N2O2. The Balaban J connectivity index is 2.52. The van der Waals surface area contributed by atoms with Crippen LogP contribution in [0.5, 0.6) is 0 Å². The second kappa shape index (κ2) is 4.69. The lowest BCUT2D eigenvalue weighted by molar-refractivity contribution is 0.0890. The molecule has 0 atom stereocenters. The van der Waals surface area contributed by atoms with Gasteiger partial charge in [0.25, 0.3) is 5.56 Å². The molecule has 4 nitrogen and oxygen atoms in total. The van der Waals surface area contributed by atoms with Gasteiger partial charge in [-0.15, -0.1) is 0 Å². The third kappa shape index (κ3) is 2.48.